The Morgan fingerprint density at radius 1 is 1.09 bits per heavy atom. The number of nitriles is 1. The molecule has 0 unspecified atom stereocenters. The van der Waals surface area contributed by atoms with Crippen LogP contribution >= 0.6 is 0 Å². The Bertz CT molecular complexity index is 960. The minimum Gasteiger partial charge on any atom is -0.311 e. The lowest BCUT2D eigenvalue weighted by atomic mass is 10.00. The predicted octanol–water partition coefficient (Wildman–Crippen LogP) is 3.60. The van der Waals surface area contributed by atoms with E-state index in [4.69, 9.17) is 0 Å². The number of fused-ring (bicyclic) bond motifs is 1. The van der Waals surface area contributed by atoms with Crippen LogP contribution in [0.3, 0.4) is 0 Å². The van der Waals surface area contributed by atoms with Crippen molar-refractivity contribution in [2.45, 2.75) is 0 Å². The van der Waals surface area contributed by atoms with E-state index >= 15 is 0 Å². The van der Waals surface area contributed by atoms with Gasteiger partial charge in [-0.05, 0) is 17.7 Å². The Balaban J connectivity index is 2.30. The van der Waals surface area contributed by atoms with Crippen molar-refractivity contribution in [2.75, 3.05) is 0 Å². The highest BCUT2D eigenvalue weighted by Crippen LogP contribution is 2.24. The third kappa shape index (κ3) is 2.43. The Hall–Kier alpha value is -3.12. The van der Waals surface area contributed by atoms with Crippen LogP contribution in [0.5, 0.6) is 0 Å². The highest BCUT2D eigenvalue weighted by molar-refractivity contribution is 6.00. The molecule has 0 atom stereocenters. The summed E-state index contributed by atoms with van der Waals surface area (Å²) in [6.07, 6.45) is 1.81. The molecule has 22 heavy (non-hydrogen) atoms. The average molecular weight is 286 g/mol. The third-order valence-corrected chi connectivity index (χ3v) is 3.68. The van der Waals surface area contributed by atoms with E-state index in [0.29, 0.717) is 11.1 Å². The predicted molar refractivity (Wildman–Crippen MR) is 89.1 cm³/mol. The van der Waals surface area contributed by atoms with Crippen LogP contribution in [0.4, 0.5) is 0 Å². The van der Waals surface area contributed by atoms with Gasteiger partial charge in [-0.3, -0.25) is 4.79 Å². The molecule has 3 nitrogen and oxygen atoms in total. The summed E-state index contributed by atoms with van der Waals surface area (Å²) in [5, 5.41) is 10.4. The number of para-hydroxylation sites is 1. The van der Waals surface area contributed by atoms with E-state index in [9.17, 15) is 10.1 Å². The first-order valence-corrected chi connectivity index (χ1v) is 6.96. The second-order valence-electron chi connectivity index (χ2n) is 5.05. The Labute approximate surface area is 128 Å². The summed E-state index contributed by atoms with van der Waals surface area (Å²) >= 11 is 0. The van der Waals surface area contributed by atoms with E-state index in [1.165, 1.54) is 6.07 Å². The maximum atomic E-state index is 12.2. The molecule has 0 N–H and O–H groups in total. The minimum absolute atomic E-state index is 0.122. The maximum absolute atomic E-state index is 12.2. The largest absolute Gasteiger partial charge is 0.311 e. The number of pyridine rings is 1. The highest BCUT2D eigenvalue weighted by Gasteiger charge is 2.10. The Morgan fingerprint density at radius 2 is 1.77 bits per heavy atom. The summed E-state index contributed by atoms with van der Waals surface area (Å²) < 4.78 is 1.59. The van der Waals surface area contributed by atoms with Crippen molar-refractivity contribution in [3.05, 3.63) is 82.1 Å². The zero-order chi connectivity index (χ0) is 15.5. The van der Waals surface area contributed by atoms with Crippen LogP contribution in [-0.2, 0) is 7.05 Å². The van der Waals surface area contributed by atoms with Crippen molar-refractivity contribution in [3.8, 4) is 6.07 Å². The molecule has 0 aliphatic rings. The van der Waals surface area contributed by atoms with Gasteiger partial charge in [0.2, 0.25) is 0 Å². The molecule has 0 aliphatic carbocycles. The molecule has 0 bridgehead atoms. The fraction of sp³-hybridized carbons (Fsp3) is 0.0526. The van der Waals surface area contributed by atoms with Gasteiger partial charge in [0, 0.05) is 24.1 Å². The first-order chi connectivity index (χ1) is 10.7. The lowest BCUT2D eigenvalue weighted by molar-refractivity contribution is 0.905. The molecule has 0 saturated carbocycles. The number of hydrogen-bond donors (Lipinski definition) is 0. The topological polar surface area (TPSA) is 45.8 Å². The zero-order valence-corrected chi connectivity index (χ0v) is 12.2. The van der Waals surface area contributed by atoms with Crippen LogP contribution in [0.25, 0.3) is 22.6 Å². The van der Waals surface area contributed by atoms with Crippen LogP contribution in [0.15, 0.2) is 65.5 Å². The molecule has 0 fully saturated rings. The Morgan fingerprint density at radius 3 is 2.50 bits per heavy atom. The first-order valence-electron chi connectivity index (χ1n) is 6.96. The lowest BCUT2D eigenvalue weighted by Crippen LogP contribution is -2.16. The maximum Gasteiger partial charge on any atom is 0.251 e. The molecule has 106 valence electrons. The van der Waals surface area contributed by atoms with Gasteiger partial charge in [0.25, 0.3) is 5.56 Å². The van der Waals surface area contributed by atoms with Crippen molar-refractivity contribution in [2.24, 2.45) is 7.05 Å². The van der Waals surface area contributed by atoms with Gasteiger partial charge in [0.05, 0.1) is 17.2 Å². The van der Waals surface area contributed by atoms with Gasteiger partial charge in [-0.2, -0.15) is 5.26 Å². The van der Waals surface area contributed by atoms with Crippen LogP contribution in [0, 0.1) is 11.3 Å². The van der Waals surface area contributed by atoms with Gasteiger partial charge in [-0.1, -0.05) is 48.5 Å². The fourth-order valence-corrected chi connectivity index (χ4v) is 2.52. The first kappa shape index (κ1) is 13.8. The van der Waals surface area contributed by atoms with Crippen LogP contribution < -0.4 is 5.56 Å². The number of aromatic nitrogens is 1. The van der Waals surface area contributed by atoms with E-state index in [1.807, 2.05) is 54.6 Å². The number of allylic oxidation sites excluding steroid dienone is 1. The molecule has 3 aromatic rings. The molecule has 0 spiro atoms. The summed E-state index contributed by atoms with van der Waals surface area (Å²) in [4.78, 5) is 12.2. The van der Waals surface area contributed by atoms with E-state index in [2.05, 4.69) is 6.07 Å². The molecule has 2 aromatic carbocycles. The molecular formula is C19H14N2O. The van der Waals surface area contributed by atoms with Crippen molar-refractivity contribution < 1.29 is 0 Å². The number of benzene rings is 2. The van der Waals surface area contributed by atoms with Crippen LogP contribution in [-0.4, -0.2) is 4.57 Å². The number of aryl methyl sites for hydroxylation is 1. The van der Waals surface area contributed by atoms with Gasteiger partial charge in [0.15, 0.2) is 0 Å². The molecule has 3 heteroatoms. The average Bonchev–Trinajstić information content (AvgIpc) is 2.57. The van der Waals surface area contributed by atoms with Gasteiger partial charge < -0.3 is 4.57 Å². The third-order valence-electron chi connectivity index (χ3n) is 3.68. The van der Waals surface area contributed by atoms with E-state index in [1.54, 1.807) is 17.7 Å². The minimum atomic E-state index is -0.122. The zero-order valence-electron chi connectivity index (χ0n) is 12.2. The molecular weight excluding hydrogens is 272 g/mol. The second kappa shape index (κ2) is 5.71. The summed E-state index contributed by atoms with van der Waals surface area (Å²) in [6.45, 7) is 0. The normalized spacial score (nSPS) is 11.4. The van der Waals surface area contributed by atoms with Gasteiger partial charge in [0.1, 0.15) is 0 Å². The molecule has 0 amide bonds. The Kier molecular flexibility index (Phi) is 3.59. The quantitative estimate of drug-likeness (QED) is 0.676. The number of rotatable bonds is 2. The highest BCUT2D eigenvalue weighted by atomic mass is 16.1. The molecule has 1 aromatic heterocycles. The number of hydrogen-bond acceptors (Lipinski definition) is 2. The van der Waals surface area contributed by atoms with Crippen LogP contribution in [0.2, 0.25) is 0 Å². The SMILES string of the molecule is Cn1c(=O)cc(/C(C#N)=C\c2ccccc2)c2ccccc21. The van der Waals surface area contributed by atoms with Crippen LogP contribution in [0.1, 0.15) is 11.1 Å². The summed E-state index contributed by atoms with van der Waals surface area (Å²) in [5.74, 6) is 0. The van der Waals surface area contributed by atoms with E-state index < -0.39 is 0 Å². The van der Waals surface area contributed by atoms with Gasteiger partial charge in [-0.25, -0.2) is 0 Å². The molecule has 0 aliphatic heterocycles. The summed E-state index contributed by atoms with van der Waals surface area (Å²) in [6, 6.07) is 21.0. The molecule has 0 saturated heterocycles. The van der Waals surface area contributed by atoms with Crippen molar-refractivity contribution >= 4 is 22.6 Å². The fourth-order valence-electron chi connectivity index (χ4n) is 2.52. The standard InChI is InChI=1S/C19H14N2O/c1-21-18-10-6-5-9-16(18)17(12-19(21)22)15(13-20)11-14-7-3-2-4-8-14/h2-12H,1H3/b15-11-. The lowest BCUT2D eigenvalue weighted by Gasteiger charge is -2.09. The van der Waals surface area contributed by atoms with Crippen molar-refractivity contribution in [1.82, 2.24) is 4.57 Å². The molecule has 3 rings (SSSR count). The molecule has 0 radical (unpaired) electrons. The van der Waals surface area contributed by atoms with E-state index in [-0.39, 0.29) is 5.56 Å². The van der Waals surface area contributed by atoms with E-state index in [0.717, 1.165) is 16.5 Å². The number of nitrogens with zero attached hydrogens (tertiary/aromatic N) is 2. The smallest absolute Gasteiger partial charge is 0.251 e. The monoisotopic (exact) mass is 286 g/mol. The van der Waals surface area contributed by atoms with Crippen molar-refractivity contribution in [1.29, 1.82) is 5.26 Å². The summed E-state index contributed by atoms with van der Waals surface area (Å²) in [7, 11) is 1.74. The second-order valence-corrected chi connectivity index (χ2v) is 5.05. The van der Waals surface area contributed by atoms with Crippen molar-refractivity contribution in [3.63, 3.8) is 0 Å². The molecule has 1 heterocycles. The van der Waals surface area contributed by atoms with Gasteiger partial charge >= 0.3 is 0 Å². The summed E-state index contributed by atoms with van der Waals surface area (Å²) in [5.41, 5.74) is 2.79. The van der Waals surface area contributed by atoms with Gasteiger partial charge in [-0.15, -0.1) is 0 Å².